The van der Waals surface area contributed by atoms with E-state index in [4.69, 9.17) is 0 Å². The van der Waals surface area contributed by atoms with Gasteiger partial charge in [-0.1, -0.05) is 12.1 Å². The summed E-state index contributed by atoms with van der Waals surface area (Å²) in [6, 6.07) is 5.18. The van der Waals surface area contributed by atoms with Gasteiger partial charge >= 0.3 is 5.76 Å². The van der Waals surface area contributed by atoms with Crippen molar-refractivity contribution in [3.63, 3.8) is 0 Å². The number of hydrogen-bond acceptors (Lipinski definition) is 4. The first-order valence-electron chi connectivity index (χ1n) is 6.05. The molecule has 0 spiro atoms. The highest BCUT2D eigenvalue weighted by molar-refractivity contribution is 7.91. The average Bonchev–Trinajstić information content (AvgIpc) is 2.93. The molecule has 1 aliphatic heterocycles. The van der Waals surface area contributed by atoms with Crippen LogP contribution in [0.1, 0.15) is 6.42 Å². The molecule has 1 unspecified atom stereocenters. The Kier molecular flexibility index (Phi) is 4.34. The maximum absolute atomic E-state index is 12.6. The number of anilines is 1. The summed E-state index contributed by atoms with van der Waals surface area (Å²) in [6.07, 6.45) is 0.635. The summed E-state index contributed by atoms with van der Waals surface area (Å²) in [7, 11) is -4.74. The van der Waals surface area contributed by atoms with Crippen molar-refractivity contribution in [2.24, 2.45) is 5.92 Å². The van der Waals surface area contributed by atoms with Crippen LogP contribution in [0.4, 0.5) is 14.5 Å². The fourth-order valence-electron chi connectivity index (χ4n) is 2.03. The quantitative estimate of drug-likeness (QED) is 0.877. The molecule has 0 bridgehead atoms. The smallest absolute Gasteiger partial charge is 0.325 e. The van der Waals surface area contributed by atoms with Gasteiger partial charge in [-0.25, -0.2) is 8.42 Å². The summed E-state index contributed by atoms with van der Waals surface area (Å²) in [5.74, 6) is -4.17. The molecule has 1 aromatic carbocycles. The van der Waals surface area contributed by atoms with E-state index in [1.807, 2.05) is 0 Å². The number of amides is 1. The largest absolute Gasteiger partial charge is 0.341 e. The van der Waals surface area contributed by atoms with Crippen molar-refractivity contribution in [2.45, 2.75) is 17.1 Å². The standard InChI is InChI=1S/C12H14F2N2O3S/c13-12(14)20(18,19)10-4-2-1-3-9(10)16-11(17)8-5-6-15-7-8/h1-4,8,12,15H,5-7H2,(H,16,17). The molecule has 2 N–H and O–H groups in total. The second-order valence-electron chi connectivity index (χ2n) is 4.48. The van der Waals surface area contributed by atoms with Gasteiger partial charge in [-0.15, -0.1) is 0 Å². The number of benzene rings is 1. The van der Waals surface area contributed by atoms with Crippen LogP contribution in [0.15, 0.2) is 29.2 Å². The van der Waals surface area contributed by atoms with Crippen molar-refractivity contribution < 1.29 is 22.0 Å². The minimum Gasteiger partial charge on any atom is -0.325 e. The van der Waals surface area contributed by atoms with Crippen LogP contribution in [0.2, 0.25) is 0 Å². The van der Waals surface area contributed by atoms with Crippen molar-refractivity contribution in [3.05, 3.63) is 24.3 Å². The van der Waals surface area contributed by atoms with Gasteiger partial charge in [0.1, 0.15) is 0 Å². The highest BCUT2D eigenvalue weighted by Gasteiger charge is 2.30. The third kappa shape index (κ3) is 2.96. The lowest BCUT2D eigenvalue weighted by Crippen LogP contribution is -2.26. The van der Waals surface area contributed by atoms with E-state index in [0.29, 0.717) is 19.5 Å². The lowest BCUT2D eigenvalue weighted by molar-refractivity contribution is -0.119. The van der Waals surface area contributed by atoms with Crippen LogP contribution in [-0.2, 0) is 14.6 Å². The van der Waals surface area contributed by atoms with E-state index in [2.05, 4.69) is 10.6 Å². The van der Waals surface area contributed by atoms with Gasteiger partial charge in [-0.3, -0.25) is 4.79 Å². The number of alkyl halides is 2. The summed E-state index contributed by atoms with van der Waals surface area (Å²) < 4.78 is 48.3. The molecule has 1 aromatic rings. The summed E-state index contributed by atoms with van der Waals surface area (Å²) >= 11 is 0. The molecule has 110 valence electrons. The Bertz CT molecular complexity index is 598. The second-order valence-corrected chi connectivity index (χ2v) is 6.37. The number of hydrogen-bond donors (Lipinski definition) is 2. The highest BCUT2D eigenvalue weighted by atomic mass is 32.2. The zero-order chi connectivity index (χ0) is 14.8. The fraction of sp³-hybridized carbons (Fsp3) is 0.417. The fourth-order valence-corrected chi connectivity index (χ4v) is 2.91. The van der Waals surface area contributed by atoms with Crippen LogP contribution in [0, 0.1) is 5.92 Å². The Labute approximate surface area is 115 Å². The van der Waals surface area contributed by atoms with Gasteiger partial charge in [0.2, 0.25) is 15.7 Å². The Morgan fingerprint density at radius 1 is 1.35 bits per heavy atom. The van der Waals surface area contributed by atoms with E-state index >= 15 is 0 Å². The summed E-state index contributed by atoms with van der Waals surface area (Å²) in [4.78, 5) is 11.4. The van der Waals surface area contributed by atoms with Crippen LogP contribution in [0.5, 0.6) is 0 Å². The Balaban J connectivity index is 2.26. The molecule has 0 saturated carbocycles. The van der Waals surface area contributed by atoms with E-state index in [1.165, 1.54) is 18.2 Å². The molecule has 0 aliphatic carbocycles. The SMILES string of the molecule is O=C(Nc1ccccc1S(=O)(=O)C(F)F)C1CCNC1. The van der Waals surface area contributed by atoms with E-state index in [-0.39, 0.29) is 17.5 Å². The molecule has 1 fully saturated rings. The average molecular weight is 304 g/mol. The van der Waals surface area contributed by atoms with Crippen molar-refractivity contribution in [3.8, 4) is 0 Å². The van der Waals surface area contributed by atoms with Crippen molar-refractivity contribution in [2.75, 3.05) is 18.4 Å². The number of rotatable bonds is 4. The normalized spacial score (nSPS) is 19.2. The molecule has 0 radical (unpaired) electrons. The first kappa shape index (κ1) is 14.9. The molecule has 1 aliphatic rings. The van der Waals surface area contributed by atoms with E-state index < -0.39 is 20.5 Å². The highest BCUT2D eigenvalue weighted by Crippen LogP contribution is 2.26. The van der Waals surface area contributed by atoms with Crippen molar-refractivity contribution in [1.29, 1.82) is 0 Å². The molecule has 20 heavy (non-hydrogen) atoms. The monoisotopic (exact) mass is 304 g/mol. The predicted molar refractivity (Wildman–Crippen MR) is 69.2 cm³/mol. The van der Waals surface area contributed by atoms with Crippen molar-refractivity contribution in [1.82, 2.24) is 5.32 Å². The third-order valence-corrected chi connectivity index (χ3v) is 4.56. The molecular weight excluding hydrogens is 290 g/mol. The van der Waals surface area contributed by atoms with Gasteiger partial charge in [-0.05, 0) is 25.1 Å². The maximum atomic E-state index is 12.6. The van der Waals surface area contributed by atoms with Gasteiger partial charge in [0.15, 0.2) is 0 Å². The number of nitrogens with one attached hydrogen (secondary N) is 2. The number of carbonyl (C=O) groups excluding carboxylic acids is 1. The first-order chi connectivity index (χ1) is 9.43. The summed E-state index contributed by atoms with van der Waals surface area (Å²) in [6.45, 7) is 1.20. The van der Waals surface area contributed by atoms with Gasteiger partial charge in [0, 0.05) is 6.54 Å². The number of sulfone groups is 1. The number of para-hydroxylation sites is 1. The molecule has 1 heterocycles. The molecule has 1 amide bonds. The molecule has 5 nitrogen and oxygen atoms in total. The summed E-state index contributed by atoms with van der Waals surface area (Å²) in [5.41, 5.74) is -0.107. The van der Waals surface area contributed by atoms with Crippen LogP contribution in [0.3, 0.4) is 0 Å². The van der Waals surface area contributed by atoms with E-state index in [1.54, 1.807) is 0 Å². The van der Waals surface area contributed by atoms with E-state index in [0.717, 1.165) is 6.07 Å². The molecule has 1 atom stereocenters. The Morgan fingerprint density at radius 2 is 2.05 bits per heavy atom. The van der Waals surface area contributed by atoms with Gasteiger partial charge < -0.3 is 10.6 Å². The molecule has 2 rings (SSSR count). The topological polar surface area (TPSA) is 75.3 Å². The zero-order valence-corrected chi connectivity index (χ0v) is 11.3. The Hall–Kier alpha value is -1.54. The van der Waals surface area contributed by atoms with Gasteiger partial charge in [0.05, 0.1) is 16.5 Å². The second kappa shape index (κ2) is 5.84. The van der Waals surface area contributed by atoms with Crippen LogP contribution in [0.25, 0.3) is 0 Å². The third-order valence-electron chi connectivity index (χ3n) is 3.12. The Morgan fingerprint density at radius 3 is 2.65 bits per heavy atom. The minimum absolute atomic E-state index is 0.107. The minimum atomic E-state index is -4.74. The van der Waals surface area contributed by atoms with Gasteiger partial charge in [-0.2, -0.15) is 8.78 Å². The molecule has 8 heteroatoms. The van der Waals surface area contributed by atoms with Crippen molar-refractivity contribution >= 4 is 21.4 Å². The van der Waals surface area contributed by atoms with E-state index in [9.17, 15) is 22.0 Å². The van der Waals surface area contributed by atoms with Crippen LogP contribution >= 0.6 is 0 Å². The lowest BCUT2D eigenvalue weighted by atomic mass is 10.1. The van der Waals surface area contributed by atoms with Crippen LogP contribution in [-0.4, -0.2) is 33.2 Å². The lowest BCUT2D eigenvalue weighted by Gasteiger charge is -2.13. The number of carbonyl (C=O) groups is 1. The first-order valence-corrected chi connectivity index (χ1v) is 7.60. The maximum Gasteiger partial charge on any atom is 0.341 e. The molecule has 1 saturated heterocycles. The number of halogens is 2. The van der Waals surface area contributed by atoms with Crippen LogP contribution < -0.4 is 10.6 Å². The molecular formula is C12H14F2N2O3S. The predicted octanol–water partition coefficient (Wildman–Crippen LogP) is 1.23. The summed E-state index contributed by atoms with van der Waals surface area (Å²) in [5, 5.41) is 5.43. The zero-order valence-electron chi connectivity index (χ0n) is 10.5. The molecule has 0 aromatic heterocycles. The van der Waals surface area contributed by atoms with Gasteiger partial charge in [0.25, 0.3) is 0 Å².